The van der Waals surface area contributed by atoms with Gasteiger partial charge < -0.3 is 10.2 Å². The number of anilines is 2. The number of aromatic nitrogens is 6. The molecule has 0 amide bonds. The van der Waals surface area contributed by atoms with Crippen LogP contribution in [0.15, 0.2) is 58.8 Å². The van der Waals surface area contributed by atoms with Crippen molar-refractivity contribution in [1.82, 2.24) is 34.0 Å². The topological polar surface area (TPSA) is 103 Å². The summed E-state index contributed by atoms with van der Waals surface area (Å²) in [5.41, 5.74) is 3.46. The number of rotatable bonds is 6. The van der Waals surface area contributed by atoms with Gasteiger partial charge in [-0.15, -0.1) is 11.7 Å². The molecule has 10 heteroatoms. The van der Waals surface area contributed by atoms with E-state index in [-0.39, 0.29) is 29.1 Å². The van der Waals surface area contributed by atoms with E-state index in [4.69, 9.17) is 4.98 Å². The zero-order valence-electron chi connectivity index (χ0n) is 21.9. The lowest BCUT2D eigenvalue weighted by Crippen LogP contribution is -2.39. The SMILES string of the molecule is C=CCn1c(=O)c2cnc(Nc3ccc4c(c3)CN(C)CC4(C)C)nc2n1-c1ccc(=O)n(C(C)C)n1. The van der Waals surface area contributed by atoms with Crippen LogP contribution >= 0.6 is 0 Å². The number of benzene rings is 1. The van der Waals surface area contributed by atoms with Crippen molar-refractivity contribution in [3.63, 3.8) is 0 Å². The third-order valence-corrected chi connectivity index (χ3v) is 6.69. The minimum Gasteiger partial charge on any atom is -0.324 e. The molecular formula is C27H32N8O2. The summed E-state index contributed by atoms with van der Waals surface area (Å²) >= 11 is 0. The predicted molar refractivity (Wildman–Crippen MR) is 145 cm³/mol. The number of nitrogens with one attached hydrogen (secondary N) is 1. The number of hydrogen-bond donors (Lipinski definition) is 1. The highest BCUT2D eigenvalue weighted by Gasteiger charge is 2.30. The molecule has 0 saturated heterocycles. The van der Waals surface area contributed by atoms with Crippen LogP contribution in [0.1, 0.15) is 44.9 Å². The molecule has 0 aliphatic carbocycles. The molecular weight excluding hydrogens is 468 g/mol. The number of likely N-dealkylation sites (N-methyl/N-ethyl adjacent to an activating group) is 1. The fourth-order valence-corrected chi connectivity index (χ4v) is 5.20. The molecule has 3 aromatic heterocycles. The van der Waals surface area contributed by atoms with Crippen molar-refractivity contribution in [2.75, 3.05) is 18.9 Å². The molecule has 0 unspecified atom stereocenters. The number of fused-ring (bicyclic) bond motifs is 2. The van der Waals surface area contributed by atoms with Crippen LogP contribution in [0.3, 0.4) is 0 Å². The van der Waals surface area contributed by atoms with Gasteiger partial charge in [-0.25, -0.2) is 19.0 Å². The Hall–Kier alpha value is -4.05. The van der Waals surface area contributed by atoms with Crippen molar-refractivity contribution in [3.05, 3.63) is 81.0 Å². The molecule has 1 aliphatic heterocycles. The van der Waals surface area contributed by atoms with E-state index in [0.717, 1.165) is 18.8 Å². The quantitative estimate of drug-likeness (QED) is 0.405. The average molecular weight is 501 g/mol. The third-order valence-electron chi connectivity index (χ3n) is 6.69. The van der Waals surface area contributed by atoms with E-state index in [1.165, 1.54) is 32.8 Å². The van der Waals surface area contributed by atoms with Gasteiger partial charge in [-0.2, -0.15) is 4.98 Å². The Labute approximate surface area is 214 Å². The molecule has 10 nitrogen and oxygen atoms in total. The summed E-state index contributed by atoms with van der Waals surface area (Å²) in [6.45, 7) is 14.2. The maximum Gasteiger partial charge on any atom is 0.278 e. The summed E-state index contributed by atoms with van der Waals surface area (Å²) in [6.07, 6.45) is 3.16. The van der Waals surface area contributed by atoms with Gasteiger partial charge in [0.05, 0.1) is 12.6 Å². The Kier molecular flexibility index (Phi) is 6.07. The lowest BCUT2D eigenvalue weighted by atomic mass is 9.78. The summed E-state index contributed by atoms with van der Waals surface area (Å²) in [7, 11) is 2.13. The van der Waals surface area contributed by atoms with E-state index in [9.17, 15) is 9.59 Å². The predicted octanol–water partition coefficient (Wildman–Crippen LogP) is 3.37. The molecule has 4 aromatic rings. The zero-order valence-corrected chi connectivity index (χ0v) is 21.9. The maximum absolute atomic E-state index is 13.2. The molecule has 0 spiro atoms. The smallest absolute Gasteiger partial charge is 0.278 e. The molecule has 37 heavy (non-hydrogen) atoms. The molecule has 0 saturated carbocycles. The molecule has 1 aliphatic rings. The van der Waals surface area contributed by atoms with Crippen LogP contribution in [0.5, 0.6) is 0 Å². The number of nitrogens with zero attached hydrogens (tertiary/aromatic N) is 7. The van der Waals surface area contributed by atoms with Gasteiger partial charge in [0.25, 0.3) is 11.1 Å². The highest BCUT2D eigenvalue weighted by Crippen LogP contribution is 2.34. The van der Waals surface area contributed by atoms with E-state index in [2.05, 4.69) is 59.9 Å². The Balaban J connectivity index is 1.61. The lowest BCUT2D eigenvalue weighted by Gasteiger charge is -2.38. The second-order valence-electron chi connectivity index (χ2n) is 10.5. The molecule has 0 atom stereocenters. The Bertz CT molecular complexity index is 1630. The van der Waals surface area contributed by atoms with Crippen molar-refractivity contribution < 1.29 is 0 Å². The third kappa shape index (κ3) is 4.37. The maximum atomic E-state index is 13.2. The van der Waals surface area contributed by atoms with Crippen LogP contribution in [0.25, 0.3) is 16.9 Å². The highest BCUT2D eigenvalue weighted by molar-refractivity contribution is 5.77. The fraction of sp³-hybridized carbons (Fsp3) is 0.370. The van der Waals surface area contributed by atoms with Crippen LogP contribution in [0, 0.1) is 0 Å². The highest BCUT2D eigenvalue weighted by atomic mass is 16.1. The van der Waals surface area contributed by atoms with Gasteiger partial charge in [-0.3, -0.25) is 9.59 Å². The monoisotopic (exact) mass is 500 g/mol. The van der Waals surface area contributed by atoms with Gasteiger partial charge in [0.15, 0.2) is 11.5 Å². The molecule has 1 aromatic carbocycles. The number of allylic oxidation sites excluding steroid dienone is 1. The fourth-order valence-electron chi connectivity index (χ4n) is 5.20. The van der Waals surface area contributed by atoms with Crippen LogP contribution in [0.2, 0.25) is 0 Å². The summed E-state index contributed by atoms with van der Waals surface area (Å²) in [5, 5.41) is 8.18. The summed E-state index contributed by atoms with van der Waals surface area (Å²) in [4.78, 5) is 37.0. The average Bonchev–Trinajstić information content (AvgIpc) is 3.09. The van der Waals surface area contributed by atoms with E-state index in [1.54, 1.807) is 16.8 Å². The van der Waals surface area contributed by atoms with Gasteiger partial charge in [-0.05, 0) is 50.2 Å². The summed E-state index contributed by atoms with van der Waals surface area (Å²) < 4.78 is 4.50. The van der Waals surface area contributed by atoms with Crippen LogP contribution in [0.4, 0.5) is 11.6 Å². The van der Waals surface area contributed by atoms with Gasteiger partial charge in [0.2, 0.25) is 5.95 Å². The van der Waals surface area contributed by atoms with E-state index in [0.29, 0.717) is 22.8 Å². The van der Waals surface area contributed by atoms with Crippen molar-refractivity contribution in [2.45, 2.75) is 52.2 Å². The largest absolute Gasteiger partial charge is 0.324 e. The minimum absolute atomic E-state index is 0.0693. The first kappa shape index (κ1) is 24.6. The molecule has 0 fully saturated rings. The first-order chi connectivity index (χ1) is 17.6. The van der Waals surface area contributed by atoms with Crippen molar-refractivity contribution in [1.29, 1.82) is 0 Å². The minimum atomic E-state index is -0.260. The second kappa shape index (κ2) is 9.11. The summed E-state index contributed by atoms with van der Waals surface area (Å²) in [6, 6.07) is 9.23. The molecule has 1 N–H and O–H groups in total. The summed E-state index contributed by atoms with van der Waals surface area (Å²) in [5.74, 6) is 0.767. The standard InChI is InChI=1S/C27H32N8O2/c1-7-12-33-25(37)20-14-28-26(29-19-8-9-21-18(13-19)15-32(6)16-27(21,4)5)30-24(20)35(33)22-10-11-23(36)34(31-22)17(2)3/h7-11,13-14,17H,1,12,15-16H2,2-6H3,(H,28,29,30). The first-order valence-electron chi connectivity index (χ1n) is 12.4. The number of hydrogen-bond acceptors (Lipinski definition) is 7. The van der Waals surface area contributed by atoms with E-state index >= 15 is 0 Å². The zero-order chi connectivity index (χ0) is 26.5. The molecule has 4 heterocycles. The van der Waals surface area contributed by atoms with Crippen molar-refractivity contribution in [3.8, 4) is 5.82 Å². The van der Waals surface area contributed by atoms with Crippen molar-refractivity contribution in [2.24, 2.45) is 0 Å². The molecule has 0 radical (unpaired) electrons. The van der Waals surface area contributed by atoms with Gasteiger partial charge in [0.1, 0.15) is 5.39 Å². The molecule has 0 bridgehead atoms. The van der Waals surface area contributed by atoms with Gasteiger partial charge in [-0.1, -0.05) is 26.0 Å². The molecule has 192 valence electrons. The van der Waals surface area contributed by atoms with Gasteiger partial charge >= 0.3 is 0 Å². The second-order valence-corrected chi connectivity index (χ2v) is 10.5. The Morgan fingerprint density at radius 1 is 1.19 bits per heavy atom. The Morgan fingerprint density at radius 3 is 2.70 bits per heavy atom. The van der Waals surface area contributed by atoms with Crippen LogP contribution < -0.4 is 16.4 Å². The normalized spacial score (nSPS) is 15.2. The molecule has 5 rings (SSSR count). The first-order valence-corrected chi connectivity index (χ1v) is 12.4. The van der Waals surface area contributed by atoms with Crippen LogP contribution in [-0.2, 0) is 18.5 Å². The van der Waals surface area contributed by atoms with Crippen LogP contribution in [-0.4, -0.2) is 47.6 Å². The Morgan fingerprint density at radius 2 is 1.97 bits per heavy atom. The van der Waals surface area contributed by atoms with Crippen molar-refractivity contribution >= 4 is 22.7 Å². The lowest BCUT2D eigenvalue weighted by molar-refractivity contribution is 0.236. The van der Waals surface area contributed by atoms with E-state index < -0.39 is 0 Å². The van der Waals surface area contributed by atoms with E-state index in [1.807, 2.05) is 19.9 Å². The van der Waals surface area contributed by atoms with Gasteiger partial charge in [0, 0.05) is 36.5 Å².